The molecule has 0 aromatic heterocycles. The van der Waals surface area contributed by atoms with E-state index >= 15 is 0 Å². The number of carboxylic acid groups (broad SMARTS) is 1. The molecule has 1 aromatic rings. The van der Waals surface area contributed by atoms with Gasteiger partial charge in [0.1, 0.15) is 11.5 Å². The summed E-state index contributed by atoms with van der Waals surface area (Å²) in [5.41, 5.74) is 7.55. The van der Waals surface area contributed by atoms with Crippen LogP contribution in [0.4, 0.5) is 0 Å². The van der Waals surface area contributed by atoms with E-state index in [4.69, 9.17) is 20.3 Å². The summed E-state index contributed by atoms with van der Waals surface area (Å²) in [5.74, 6) is -0.808. The van der Waals surface area contributed by atoms with Gasteiger partial charge in [-0.15, -0.1) is 0 Å². The molecule has 0 aliphatic carbocycles. The second kappa shape index (κ2) is 9.78. The number of benzene rings is 1. The predicted molar refractivity (Wildman–Crippen MR) is 104 cm³/mol. The maximum Gasteiger partial charge on any atom is 0.351 e. The van der Waals surface area contributed by atoms with Crippen LogP contribution in [0.5, 0.6) is 0 Å². The lowest BCUT2D eigenvalue weighted by atomic mass is 9.97. The van der Waals surface area contributed by atoms with Crippen molar-refractivity contribution in [2.45, 2.75) is 38.4 Å². The number of amidine groups is 1. The van der Waals surface area contributed by atoms with Gasteiger partial charge in [-0.2, -0.15) is 4.99 Å². The number of ether oxygens (including phenoxy) is 2. The molecular formula is C20H27N3O4. The van der Waals surface area contributed by atoms with Crippen molar-refractivity contribution in [3.8, 4) is 0 Å². The summed E-state index contributed by atoms with van der Waals surface area (Å²) in [5, 5.41) is 12.1. The van der Waals surface area contributed by atoms with Gasteiger partial charge in [0.15, 0.2) is 0 Å². The van der Waals surface area contributed by atoms with Crippen molar-refractivity contribution in [3.63, 3.8) is 0 Å². The lowest BCUT2D eigenvalue weighted by Gasteiger charge is -2.31. The molecule has 146 valence electrons. The van der Waals surface area contributed by atoms with Gasteiger partial charge in [0.25, 0.3) is 0 Å². The number of nitrogens with two attached hydrogens (primary N) is 1. The van der Waals surface area contributed by atoms with Gasteiger partial charge in [-0.05, 0) is 38.3 Å². The molecule has 0 radical (unpaired) electrons. The highest BCUT2D eigenvalue weighted by atomic mass is 16.5. The number of aliphatic imine (C=N–C) groups is 1. The Kier molecular flexibility index (Phi) is 7.43. The third-order valence-corrected chi connectivity index (χ3v) is 4.33. The van der Waals surface area contributed by atoms with Gasteiger partial charge in [0, 0.05) is 12.6 Å². The molecular weight excluding hydrogens is 346 g/mol. The van der Waals surface area contributed by atoms with Crippen LogP contribution in [0.25, 0.3) is 0 Å². The molecule has 1 aliphatic heterocycles. The topological polar surface area (TPSA) is 106 Å². The number of hydrogen-bond acceptors (Lipinski definition) is 5. The van der Waals surface area contributed by atoms with Crippen LogP contribution in [0.1, 0.15) is 36.5 Å². The van der Waals surface area contributed by atoms with Crippen LogP contribution in [-0.2, 0) is 14.3 Å². The van der Waals surface area contributed by atoms with E-state index < -0.39 is 5.97 Å². The van der Waals surface area contributed by atoms with Gasteiger partial charge in [-0.1, -0.05) is 29.8 Å². The SMILES string of the molecule is C=C(/N=C(\C=C(/N)C(=O)O)NC[C@H]1CCC[C@@H](c2ccc(C)cc2)O1)OC. The van der Waals surface area contributed by atoms with E-state index in [1.807, 2.05) is 0 Å². The van der Waals surface area contributed by atoms with Gasteiger partial charge in [-0.25, -0.2) is 4.79 Å². The fraction of sp³-hybridized carbons (Fsp3) is 0.400. The number of hydrogen-bond donors (Lipinski definition) is 3. The van der Waals surface area contributed by atoms with E-state index in [0.29, 0.717) is 6.54 Å². The number of aliphatic carboxylic acids is 1. The van der Waals surface area contributed by atoms with Gasteiger partial charge < -0.3 is 25.6 Å². The second-order valence-electron chi connectivity index (χ2n) is 6.47. The van der Waals surface area contributed by atoms with Crippen LogP contribution in [0.3, 0.4) is 0 Å². The molecule has 2 atom stereocenters. The Balaban J connectivity index is 2.02. The van der Waals surface area contributed by atoms with Gasteiger partial charge in [0.05, 0.1) is 19.3 Å². The van der Waals surface area contributed by atoms with Crippen LogP contribution >= 0.6 is 0 Å². The van der Waals surface area contributed by atoms with Crippen LogP contribution in [0.2, 0.25) is 0 Å². The molecule has 27 heavy (non-hydrogen) atoms. The molecule has 1 aromatic carbocycles. The highest BCUT2D eigenvalue weighted by Gasteiger charge is 2.23. The average molecular weight is 373 g/mol. The summed E-state index contributed by atoms with van der Waals surface area (Å²) in [7, 11) is 1.43. The molecule has 1 saturated heterocycles. The van der Waals surface area contributed by atoms with Gasteiger partial charge >= 0.3 is 5.97 Å². The van der Waals surface area contributed by atoms with Crippen LogP contribution in [-0.4, -0.2) is 36.7 Å². The van der Waals surface area contributed by atoms with E-state index in [9.17, 15) is 4.79 Å². The first-order valence-corrected chi connectivity index (χ1v) is 8.87. The number of nitrogens with zero attached hydrogens (tertiary/aromatic N) is 1. The fourth-order valence-corrected chi connectivity index (χ4v) is 2.81. The smallest absolute Gasteiger partial charge is 0.351 e. The number of rotatable bonds is 7. The summed E-state index contributed by atoms with van der Waals surface area (Å²) in [6.45, 7) is 6.15. The van der Waals surface area contributed by atoms with Crippen molar-refractivity contribution in [1.82, 2.24) is 5.32 Å². The summed E-state index contributed by atoms with van der Waals surface area (Å²) < 4.78 is 11.1. The molecule has 0 unspecified atom stereocenters. The third-order valence-electron chi connectivity index (χ3n) is 4.33. The molecule has 2 rings (SSSR count). The average Bonchev–Trinajstić information content (AvgIpc) is 2.66. The van der Waals surface area contributed by atoms with Crippen LogP contribution in [0.15, 0.2) is 53.5 Å². The Morgan fingerprint density at radius 3 is 2.78 bits per heavy atom. The van der Waals surface area contributed by atoms with Crippen molar-refractivity contribution in [2.75, 3.05) is 13.7 Å². The Morgan fingerprint density at radius 1 is 1.44 bits per heavy atom. The lowest BCUT2D eigenvalue weighted by molar-refractivity contribution is -0.132. The monoisotopic (exact) mass is 373 g/mol. The molecule has 0 spiro atoms. The highest BCUT2D eigenvalue weighted by molar-refractivity contribution is 6.00. The summed E-state index contributed by atoms with van der Waals surface area (Å²) >= 11 is 0. The molecule has 4 N–H and O–H groups in total. The molecule has 7 heteroatoms. The Labute approximate surface area is 159 Å². The maximum absolute atomic E-state index is 11.0. The number of carboxylic acids is 1. The number of carbonyl (C=O) groups is 1. The Bertz CT molecular complexity index is 725. The fourth-order valence-electron chi connectivity index (χ4n) is 2.81. The first-order valence-electron chi connectivity index (χ1n) is 8.87. The summed E-state index contributed by atoms with van der Waals surface area (Å²) in [4.78, 5) is 15.1. The van der Waals surface area contributed by atoms with Crippen molar-refractivity contribution in [3.05, 3.63) is 59.6 Å². The summed E-state index contributed by atoms with van der Waals surface area (Å²) in [6.07, 6.45) is 4.21. The molecule has 0 amide bonds. The minimum atomic E-state index is -1.22. The van der Waals surface area contributed by atoms with E-state index in [-0.39, 0.29) is 29.6 Å². The molecule has 0 saturated carbocycles. The first-order chi connectivity index (χ1) is 12.9. The number of methoxy groups -OCH3 is 1. The molecule has 1 aliphatic rings. The first kappa shape index (κ1) is 20.5. The van der Waals surface area contributed by atoms with Crippen LogP contribution < -0.4 is 11.1 Å². The van der Waals surface area contributed by atoms with E-state index in [1.54, 1.807) is 0 Å². The highest BCUT2D eigenvalue weighted by Crippen LogP contribution is 2.31. The summed E-state index contributed by atoms with van der Waals surface area (Å²) in [6, 6.07) is 8.37. The van der Waals surface area contributed by atoms with Crippen molar-refractivity contribution < 1.29 is 19.4 Å². The Hall–Kier alpha value is -2.80. The van der Waals surface area contributed by atoms with Crippen LogP contribution in [0, 0.1) is 6.92 Å². The van der Waals surface area contributed by atoms with E-state index in [0.717, 1.165) is 19.3 Å². The quantitative estimate of drug-likeness (QED) is 0.294. The predicted octanol–water partition coefficient (Wildman–Crippen LogP) is 2.64. The minimum absolute atomic E-state index is 0.0227. The second-order valence-corrected chi connectivity index (χ2v) is 6.47. The largest absolute Gasteiger partial charge is 0.481 e. The third kappa shape index (κ3) is 6.45. The standard InChI is InChI=1S/C20H27N3O4/c1-13-7-9-15(10-8-13)18-6-4-5-16(27-18)12-22-19(23-14(2)26-3)11-17(21)20(24)25/h7-11,16,18H,2,4-6,12,21H2,1,3H3,(H,22,23)(H,24,25)/b17-11-/t16-,18+/m1/s1. The molecule has 1 heterocycles. The number of nitrogens with one attached hydrogen (secondary N) is 1. The van der Waals surface area contributed by atoms with Crippen molar-refractivity contribution in [1.29, 1.82) is 0 Å². The van der Waals surface area contributed by atoms with Gasteiger partial charge in [0.2, 0.25) is 5.88 Å². The Morgan fingerprint density at radius 2 is 2.15 bits per heavy atom. The minimum Gasteiger partial charge on any atom is -0.481 e. The maximum atomic E-state index is 11.0. The molecule has 0 bridgehead atoms. The number of aryl methyl sites for hydroxylation is 1. The van der Waals surface area contributed by atoms with Crippen molar-refractivity contribution in [2.24, 2.45) is 10.7 Å². The normalized spacial score (nSPS) is 20.8. The molecule has 7 nitrogen and oxygen atoms in total. The zero-order valence-electron chi connectivity index (χ0n) is 15.8. The zero-order valence-corrected chi connectivity index (χ0v) is 15.8. The van der Waals surface area contributed by atoms with E-state index in [1.165, 1.54) is 24.3 Å². The zero-order chi connectivity index (χ0) is 19.8. The molecule has 1 fully saturated rings. The van der Waals surface area contributed by atoms with E-state index in [2.05, 4.69) is 48.1 Å². The van der Waals surface area contributed by atoms with Crippen molar-refractivity contribution >= 4 is 11.8 Å². The lowest BCUT2D eigenvalue weighted by Crippen LogP contribution is -2.36. The van der Waals surface area contributed by atoms with Gasteiger partial charge in [-0.3, -0.25) is 0 Å².